The van der Waals surface area contributed by atoms with Gasteiger partial charge in [-0.2, -0.15) is 18.4 Å². The van der Waals surface area contributed by atoms with Crippen LogP contribution in [0, 0.1) is 17.2 Å². The first kappa shape index (κ1) is 13.3. The van der Waals surface area contributed by atoms with E-state index in [1.54, 1.807) is 11.9 Å². The lowest BCUT2D eigenvalue weighted by molar-refractivity contribution is -0.164. The molecule has 16 heavy (non-hydrogen) atoms. The number of rotatable bonds is 3. The highest BCUT2D eigenvalue weighted by Crippen LogP contribution is 2.27. The summed E-state index contributed by atoms with van der Waals surface area (Å²) in [6.45, 7) is 0.904. The first-order valence-corrected chi connectivity index (χ1v) is 5.19. The standard InChI is InChI=1S/C10H15F3N2O/c1-15(9-2-4-16-5-3-9)7-8(6-14)10(11,12)13/h8-9H,2-5,7H2,1H3. The molecule has 1 aliphatic rings. The Balaban J connectivity index is 2.48. The molecule has 1 saturated heterocycles. The average Bonchev–Trinajstić information content (AvgIpc) is 2.25. The van der Waals surface area contributed by atoms with Crippen LogP contribution in [-0.4, -0.2) is 43.9 Å². The molecular formula is C10H15F3N2O. The van der Waals surface area contributed by atoms with Crippen molar-refractivity contribution in [2.45, 2.75) is 25.1 Å². The van der Waals surface area contributed by atoms with Crippen molar-refractivity contribution in [3.63, 3.8) is 0 Å². The molecule has 0 aromatic carbocycles. The Bertz CT molecular complexity index is 256. The van der Waals surface area contributed by atoms with Gasteiger partial charge in [0.2, 0.25) is 0 Å². The van der Waals surface area contributed by atoms with E-state index >= 15 is 0 Å². The highest BCUT2D eigenvalue weighted by molar-refractivity contribution is 4.91. The molecule has 1 rings (SSSR count). The smallest absolute Gasteiger partial charge is 0.381 e. The third-order valence-corrected chi connectivity index (χ3v) is 2.84. The van der Waals surface area contributed by atoms with Gasteiger partial charge in [0.1, 0.15) is 0 Å². The van der Waals surface area contributed by atoms with Gasteiger partial charge in [0, 0.05) is 25.8 Å². The second-order valence-corrected chi connectivity index (χ2v) is 4.01. The number of hydrogen-bond donors (Lipinski definition) is 0. The van der Waals surface area contributed by atoms with E-state index in [-0.39, 0.29) is 12.6 Å². The quantitative estimate of drug-likeness (QED) is 0.749. The molecule has 1 atom stereocenters. The largest absolute Gasteiger partial charge is 0.405 e. The van der Waals surface area contributed by atoms with E-state index in [2.05, 4.69) is 0 Å². The van der Waals surface area contributed by atoms with Gasteiger partial charge in [0.05, 0.1) is 6.07 Å². The molecule has 0 N–H and O–H groups in total. The van der Waals surface area contributed by atoms with Crippen molar-refractivity contribution in [3.05, 3.63) is 0 Å². The topological polar surface area (TPSA) is 36.3 Å². The van der Waals surface area contributed by atoms with Crippen molar-refractivity contribution >= 4 is 0 Å². The maximum Gasteiger partial charge on any atom is 0.405 e. The van der Waals surface area contributed by atoms with Gasteiger partial charge in [0.25, 0.3) is 0 Å². The molecule has 1 unspecified atom stereocenters. The second kappa shape index (κ2) is 5.51. The number of nitrogens with zero attached hydrogens (tertiary/aromatic N) is 2. The van der Waals surface area contributed by atoms with Crippen molar-refractivity contribution in [1.29, 1.82) is 5.26 Å². The van der Waals surface area contributed by atoms with Crippen LogP contribution >= 0.6 is 0 Å². The van der Waals surface area contributed by atoms with E-state index in [0.29, 0.717) is 13.2 Å². The van der Waals surface area contributed by atoms with Crippen molar-refractivity contribution in [3.8, 4) is 6.07 Å². The molecule has 92 valence electrons. The summed E-state index contributed by atoms with van der Waals surface area (Å²) in [7, 11) is 1.63. The number of hydrogen-bond acceptors (Lipinski definition) is 3. The highest BCUT2D eigenvalue weighted by Gasteiger charge is 2.41. The molecule has 0 aromatic heterocycles. The maximum atomic E-state index is 12.4. The van der Waals surface area contributed by atoms with Crippen LogP contribution in [0.15, 0.2) is 0 Å². The maximum absolute atomic E-state index is 12.4. The van der Waals surface area contributed by atoms with Crippen molar-refractivity contribution < 1.29 is 17.9 Å². The number of halogens is 3. The summed E-state index contributed by atoms with van der Waals surface area (Å²) in [5.74, 6) is -1.90. The number of ether oxygens (including phenoxy) is 1. The van der Waals surface area contributed by atoms with Gasteiger partial charge < -0.3 is 9.64 Å². The fourth-order valence-corrected chi connectivity index (χ4v) is 1.78. The monoisotopic (exact) mass is 236 g/mol. The third-order valence-electron chi connectivity index (χ3n) is 2.84. The molecule has 0 bridgehead atoms. The second-order valence-electron chi connectivity index (χ2n) is 4.01. The Labute approximate surface area is 92.8 Å². The third kappa shape index (κ3) is 3.65. The van der Waals surface area contributed by atoms with Crippen LogP contribution in [0.5, 0.6) is 0 Å². The molecule has 0 saturated carbocycles. The van der Waals surface area contributed by atoms with Gasteiger partial charge in [-0.3, -0.25) is 0 Å². The first-order chi connectivity index (χ1) is 7.45. The predicted molar refractivity (Wildman–Crippen MR) is 51.6 cm³/mol. The van der Waals surface area contributed by atoms with Gasteiger partial charge in [-0.05, 0) is 19.9 Å². The number of alkyl halides is 3. The van der Waals surface area contributed by atoms with Gasteiger partial charge in [-0.15, -0.1) is 0 Å². The molecule has 0 aromatic rings. The zero-order valence-electron chi connectivity index (χ0n) is 9.13. The fraction of sp³-hybridized carbons (Fsp3) is 0.900. The van der Waals surface area contributed by atoms with Crippen LogP contribution in [-0.2, 0) is 4.74 Å². The molecule has 1 fully saturated rings. The summed E-state index contributed by atoms with van der Waals surface area (Å²) in [4.78, 5) is 1.61. The van der Waals surface area contributed by atoms with E-state index in [4.69, 9.17) is 10.00 Å². The average molecular weight is 236 g/mol. The van der Waals surface area contributed by atoms with Crippen LogP contribution in [0.2, 0.25) is 0 Å². The minimum atomic E-state index is -4.44. The molecule has 1 heterocycles. The zero-order valence-corrected chi connectivity index (χ0v) is 9.13. The van der Waals surface area contributed by atoms with Crippen molar-refractivity contribution in [2.24, 2.45) is 5.92 Å². The Kier molecular flexibility index (Phi) is 4.56. The molecule has 0 aliphatic carbocycles. The molecule has 6 heteroatoms. The zero-order chi connectivity index (χ0) is 12.2. The lowest BCUT2D eigenvalue weighted by Gasteiger charge is -2.32. The lowest BCUT2D eigenvalue weighted by atomic mass is 10.0. The molecule has 0 radical (unpaired) electrons. The van der Waals surface area contributed by atoms with E-state index in [0.717, 1.165) is 12.8 Å². The summed E-state index contributed by atoms with van der Waals surface area (Å²) in [5, 5.41) is 8.49. The summed E-state index contributed by atoms with van der Waals surface area (Å²) >= 11 is 0. The van der Waals surface area contributed by atoms with E-state index in [9.17, 15) is 13.2 Å². The number of nitriles is 1. The highest BCUT2D eigenvalue weighted by atomic mass is 19.4. The van der Waals surface area contributed by atoms with Crippen LogP contribution in [0.3, 0.4) is 0 Å². The Morgan fingerprint density at radius 2 is 2.00 bits per heavy atom. The van der Waals surface area contributed by atoms with Crippen LogP contribution in [0.1, 0.15) is 12.8 Å². The summed E-state index contributed by atoms with van der Waals surface area (Å²) in [6, 6.07) is 1.40. The minimum absolute atomic E-state index is 0.0898. The summed E-state index contributed by atoms with van der Waals surface area (Å²) in [5.41, 5.74) is 0. The molecule has 3 nitrogen and oxygen atoms in total. The summed E-state index contributed by atoms with van der Waals surface area (Å²) in [6.07, 6.45) is -2.98. The molecule has 1 aliphatic heterocycles. The SMILES string of the molecule is CN(CC(C#N)C(F)(F)F)C1CCOCC1. The van der Waals surface area contributed by atoms with Crippen molar-refractivity contribution in [2.75, 3.05) is 26.8 Å². The lowest BCUT2D eigenvalue weighted by Crippen LogP contribution is -2.42. The molecule has 0 amide bonds. The predicted octanol–water partition coefficient (Wildman–Crippen LogP) is 1.80. The van der Waals surface area contributed by atoms with Gasteiger partial charge in [-0.25, -0.2) is 0 Å². The van der Waals surface area contributed by atoms with E-state index in [1.165, 1.54) is 6.07 Å². The molecule has 0 spiro atoms. The first-order valence-electron chi connectivity index (χ1n) is 5.19. The normalized spacial score (nSPS) is 20.8. The molecular weight excluding hydrogens is 221 g/mol. The Hall–Kier alpha value is -0.800. The van der Waals surface area contributed by atoms with Gasteiger partial charge in [-0.1, -0.05) is 0 Å². The fourth-order valence-electron chi connectivity index (χ4n) is 1.78. The van der Waals surface area contributed by atoms with Crippen molar-refractivity contribution in [1.82, 2.24) is 4.90 Å². The Morgan fingerprint density at radius 1 is 1.44 bits per heavy atom. The van der Waals surface area contributed by atoms with Crippen LogP contribution in [0.25, 0.3) is 0 Å². The van der Waals surface area contributed by atoms with Crippen LogP contribution in [0.4, 0.5) is 13.2 Å². The minimum Gasteiger partial charge on any atom is -0.381 e. The summed E-state index contributed by atoms with van der Waals surface area (Å²) < 4.78 is 42.3. The van der Waals surface area contributed by atoms with Gasteiger partial charge >= 0.3 is 6.18 Å². The van der Waals surface area contributed by atoms with Gasteiger partial charge in [0.15, 0.2) is 5.92 Å². The Morgan fingerprint density at radius 3 is 2.44 bits per heavy atom. The van der Waals surface area contributed by atoms with E-state index < -0.39 is 12.1 Å². The van der Waals surface area contributed by atoms with Crippen LogP contribution < -0.4 is 0 Å². The van der Waals surface area contributed by atoms with E-state index in [1.807, 2.05) is 0 Å².